The van der Waals surface area contributed by atoms with Gasteiger partial charge in [0.2, 0.25) is 0 Å². The van der Waals surface area contributed by atoms with Gasteiger partial charge in [-0.25, -0.2) is 0 Å². The SMILES string of the molecule is CC1(C)c2ccccc2-c2c(-c3ccccc3N(c3ccc4c(c3)-c3ccccc3C43c4ccccc4-c4ccccc43)c3ccccc3-c3ccc4sc5ccccc5c4c3)cccc21. The molecule has 0 radical (unpaired) electrons. The Morgan fingerprint density at radius 1 is 0.333 bits per heavy atom. The molecule has 10 aromatic carbocycles. The van der Waals surface area contributed by atoms with E-state index >= 15 is 0 Å². The topological polar surface area (TPSA) is 3.24 Å². The van der Waals surface area contributed by atoms with Crippen LogP contribution in [-0.2, 0) is 10.8 Å². The van der Waals surface area contributed by atoms with Crippen molar-refractivity contribution in [1.29, 1.82) is 0 Å². The average Bonchev–Trinajstić information content (AvgIpc) is 4.06. The van der Waals surface area contributed by atoms with Crippen molar-refractivity contribution < 1.29 is 0 Å². The highest BCUT2D eigenvalue weighted by Gasteiger charge is 2.51. The third-order valence-electron chi connectivity index (χ3n) is 15.1. The van der Waals surface area contributed by atoms with Crippen LogP contribution in [0.4, 0.5) is 17.1 Å². The molecular weight excluding hydrogens is 815 g/mol. The Balaban J connectivity index is 1.04. The quantitative estimate of drug-likeness (QED) is 0.167. The molecule has 1 spiro atoms. The van der Waals surface area contributed by atoms with E-state index in [-0.39, 0.29) is 5.41 Å². The summed E-state index contributed by atoms with van der Waals surface area (Å²) >= 11 is 1.87. The molecule has 0 saturated carbocycles. The van der Waals surface area contributed by atoms with E-state index in [0.717, 1.165) is 17.1 Å². The Kier molecular flexibility index (Phi) is 7.89. The van der Waals surface area contributed by atoms with E-state index in [9.17, 15) is 0 Å². The van der Waals surface area contributed by atoms with Crippen LogP contribution in [0.1, 0.15) is 47.2 Å². The van der Waals surface area contributed by atoms with E-state index in [1.807, 2.05) is 11.3 Å². The number of para-hydroxylation sites is 2. The van der Waals surface area contributed by atoms with Gasteiger partial charge in [0, 0.05) is 42.4 Å². The summed E-state index contributed by atoms with van der Waals surface area (Å²) in [6, 6.07) is 84.6. The fourth-order valence-corrected chi connectivity index (χ4v) is 13.4. The molecule has 3 aliphatic carbocycles. The third-order valence-corrected chi connectivity index (χ3v) is 16.3. The summed E-state index contributed by atoms with van der Waals surface area (Å²) in [7, 11) is 0. The number of hydrogen-bond acceptors (Lipinski definition) is 2. The van der Waals surface area contributed by atoms with Crippen molar-refractivity contribution in [3.05, 3.63) is 258 Å². The van der Waals surface area contributed by atoms with Crippen molar-refractivity contribution in [2.45, 2.75) is 24.7 Å². The van der Waals surface area contributed by atoms with Crippen LogP contribution in [0.5, 0.6) is 0 Å². The molecule has 310 valence electrons. The number of anilines is 3. The molecule has 3 aliphatic rings. The summed E-state index contributed by atoms with van der Waals surface area (Å²) in [4.78, 5) is 2.55. The van der Waals surface area contributed by atoms with Crippen LogP contribution in [0.3, 0.4) is 0 Å². The Labute approximate surface area is 389 Å². The molecule has 2 heteroatoms. The normalized spacial score (nSPS) is 14.2. The molecular formula is C64H43NS. The van der Waals surface area contributed by atoms with Crippen molar-refractivity contribution in [3.63, 3.8) is 0 Å². The Bertz CT molecular complexity index is 3780. The van der Waals surface area contributed by atoms with Gasteiger partial charge in [0.05, 0.1) is 16.8 Å². The molecule has 0 atom stereocenters. The number of benzene rings is 10. The molecule has 11 aromatic rings. The number of nitrogens with zero attached hydrogens (tertiary/aromatic N) is 1. The molecule has 0 saturated heterocycles. The van der Waals surface area contributed by atoms with E-state index in [1.54, 1.807) is 0 Å². The first-order valence-electron chi connectivity index (χ1n) is 23.1. The molecule has 0 amide bonds. The first-order chi connectivity index (χ1) is 32.5. The van der Waals surface area contributed by atoms with Gasteiger partial charge in [0.25, 0.3) is 0 Å². The van der Waals surface area contributed by atoms with Crippen molar-refractivity contribution >= 4 is 48.6 Å². The number of thiophene rings is 1. The summed E-state index contributed by atoms with van der Waals surface area (Å²) in [6.07, 6.45) is 0. The van der Waals surface area contributed by atoms with Crippen LogP contribution in [0.25, 0.3) is 75.8 Å². The highest BCUT2D eigenvalue weighted by atomic mass is 32.1. The second-order valence-corrected chi connectivity index (χ2v) is 19.8. The molecule has 14 rings (SSSR count). The molecule has 0 fully saturated rings. The van der Waals surface area contributed by atoms with Gasteiger partial charge in [-0.2, -0.15) is 0 Å². The fraction of sp³-hybridized carbons (Fsp3) is 0.0625. The highest BCUT2D eigenvalue weighted by molar-refractivity contribution is 7.25. The van der Waals surface area contributed by atoms with Gasteiger partial charge >= 0.3 is 0 Å². The van der Waals surface area contributed by atoms with Crippen molar-refractivity contribution in [3.8, 4) is 55.6 Å². The zero-order valence-corrected chi connectivity index (χ0v) is 37.5. The number of hydrogen-bond donors (Lipinski definition) is 0. The molecule has 1 heterocycles. The average molecular weight is 858 g/mol. The van der Waals surface area contributed by atoms with Gasteiger partial charge in [-0.1, -0.05) is 196 Å². The van der Waals surface area contributed by atoms with Gasteiger partial charge in [-0.15, -0.1) is 11.3 Å². The van der Waals surface area contributed by atoms with E-state index in [2.05, 4.69) is 243 Å². The van der Waals surface area contributed by atoms with Crippen LogP contribution in [0, 0.1) is 0 Å². The molecule has 66 heavy (non-hydrogen) atoms. The zero-order valence-electron chi connectivity index (χ0n) is 36.7. The van der Waals surface area contributed by atoms with Gasteiger partial charge in [0.15, 0.2) is 0 Å². The first kappa shape index (κ1) is 37.6. The first-order valence-corrected chi connectivity index (χ1v) is 23.9. The minimum absolute atomic E-state index is 0.117. The summed E-state index contributed by atoms with van der Waals surface area (Å²) in [5, 5.41) is 2.61. The van der Waals surface area contributed by atoms with E-state index in [0.29, 0.717) is 0 Å². The summed E-state index contributed by atoms with van der Waals surface area (Å²) < 4.78 is 2.62. The Morgan fingerprint density at radius 3 is 1.55 bits per heavy atom. The summed E-state index contributed by atoms with van der Waals surface area (Å²) in [6.45, 7) is 4.75. The lowest BCUT2D eigenvalue weighted by Crippen LogP contribution is -2.25. The standard InChI is InChI=1S/C64H43NS/c1-63(2)52-26-10-6-24-49(52)62-48(25-17-30-57(62)63)46-22-8-15-32-59(46)65(58-31-14-7-18-42(58)40-34-37-61-51(38-40)47-23-9-16-33-60(47)66-61)41-35-36-56-50(39-41)45-21-5-13-29-55(45)64(56)53-27-11-3-19-43(53)44-20-4-12-28-54(44)64/h3-39H,1-2H3. The van der Waals surface area contributed by atoms with Crippen LogP contribution < -0.4 is 4.90 Å². The van der Waals surface area contributed by atoms with E-state index < -0.39 is 5.41 Å². The highest BCUT2D eigenvalue weighted by Crippen LogP contribution is 2.63. The number of rotatable bonds is 5. The van der Waals surface area contributed by atoms with Crippen LogP contribution in [0.15, 0.2) is 224 Å². The maximum atomic E-state index is 2.55. The van der Waals surface area contributed by atoms with E-state index in [1.165, 1.54) is 109 Å². The predicted octanol–water partition coefficient (Wildman–Crippen LogP) is 17.5. The van der Waals surface area contributed by atoms with Crippen LogP contribution in [-0.4, -0.2) is 0 Å². The Morgan fingerprint density at radius 2 is 0.833 bits per heavy atom. The predicted molar refractivity (Wildman–Crippen MR) is 279 cm³/mol. The largest absolute Gasteiger partial charge is 0.309 e. The fourth-order valence-electron chi connectivity index (χ4n) is 12.3. The minimum Gasteiger partial charge on any atom is -0.309 e. The molecule has 0 aliphatic heterocycles. The third kappa shape index (κ3) is 5.00. The van der Waals surface area contributed by atoms with Gasteiger partial charge in [0.1, 0.15) is 0 Å². The van der Waals surface area contributed by atoms with Crippen LogP contribution in [0.2, 0.25) is 0 Å². The Hall–Kier alpha value is -7.78. The molecule has 0 bridgehead atoms. The number of fused-ring (bicyclic) bond motifs is 16. The molecule has 1 aromatic heterocycles. The summed E-state index contributed by atoms with van der Waals surface area (Å²) in [5.74, 6) is 0. The maximum absolute atomic E-state index is 2.55. The van der Waals surface area contributed by atoms with Gasteiger partial charge in [-0.3, -0.25) is 0 Å². The van der Waals surface area contributed by atoms with Crippen LogP contribution >= 0.6 is 11.3 Å². The second kappa shape index (κ2) is 13.9. The lowest BCUT2D eigenvalue weighted by atomic mass is 9.70. The monoisotopic (exact) mass is 857 g/mol. The lowest BCUT2D eigenvalue weighted by Gasteiger charge is -2.32. The minimum atomic E-state index is -0.415. The van der Waals surface area contributed by atoms with E-state index in [4.69, 9.17) is 0 Å². The molecule has 0 N–H and O–H groups in total. The van der Waals surface area contributed by atoms with Gasteiger partial charge in [-0.05, 0) is 120 Å². The van der Waals surface area contributed by atoms with Gasteiger partial charge < -0.3 is 4.90 Å². The smallest absolute Gasteiger partial charge is 0.0725 e. The van der Waals surface area contributed by atoms with Crippen molar-refractivity contribution in [2.24, 2.45) is 0 Å². The zero-order chi connectivity index (χ0) is 43.7. The van der Waals surface area contributed by atoms with Crippen molar-refractivity contribution in [1.82, 2.24) is 0 Å². The molecule has 0 unspecified atom stereocenters. The second-order valence-electron chi connectivity index (χ2n) is 18.7. The summed E-state index contributed by atoms with van der Waals surface area (Å²) in [5.41, 5.74) is 23.7. The van der Waals surface area contributed by atoms with Crippen molar-refractivity contribution in [2.75, 3.05) is 4.90 Å². The maximum Gasteiger partial charge on any atom is 0.0725 e. The lowest BCUT2D eigenvalue weighted by molar-refractivity contribution is 0.660. The molecule has 1 nitrogen and oxygen atoms in total.